The standard InChI is InChI=1S/C22H21ClN2O4/c1-2-13-28-18-6-3-15(4-7-18)21(26)24-11-9-17(10-12-24)25-19-14-16(23)5-8-20(19)29-22(25)27/h2-8,14,17H,1,9-13H2. The molecule has 6 nitrogen and oxygen atoms in total. The Labute approximate surface area is 172 Å². The number of oxazole rings is 1. The van der Waals surface area contributed by atoms with Gasteiger partial charge in [0.2, 0.25) is 0 Å². The van der Waals surface area contributed by atoms with Crippen LogP contribution in [0.5, 0.6) is 5.75 Å². The van der Waals surface area contributed by atoms with Crippen molar-refractivity contribution < 1.29 is 13.9 Å². The molecular weight excluding hydrogens is 392 g/mol. The van der Waals surface area contributed by atoms with Gasteiger partial charge in [0.25, 0.3) is 5.91 Å². The molecule has 1 aliphatic heterocycles. The van der Waals surface area contributed by atoms with Crippen molar-refractivity contribution in [3.63, 3.8) is 0 Å². The first-order valence-corrected chi connectivity index (χ1v) is 9.88. The van der Waals surface area contributed by atoms with Crippen molar-refractivity contribution in [3.8, 4) is 5.75 Å². The lowest BCUT2D eigenvalue weighted by Crippen LogP contribution is -2.40. The van der Waals surface area contributed by atoms with Crippen LogP contribution >= 0.6 is 11.6 Å². The van der Waals surface area contributed by atoms with E-state index < -0.39 is 0 Å². The molecule has 1 amide bonds. The Morgan fingerprint density at radius 2 is 1.93 bits per heavy atom. The van der Waals surface area contributed by atoms with Crippen LogP contribution in [0.2, 0.25) is 5.02 Å². The molecule has 2 aromatic carbocycles. The number of aromatic nitrogens is 1. The molecule has 0 saturated carbocycles. The number of rotatable bonds is 5. The lowest BCUT2D eigenvalue weighted by Gasteiger charge is -2.32. The van der Waals surface area contributed by atoms with Gasteiger partial charge in [-0.1, -0.05) is 24.3 Å². The zero-order valence-electron chi connectivity index (χ0n) is 15.8. The van der Waals surface area contributed by atoms with E-state index in [1.807, 2.05) is 4.90 Å². The number of carbonyl (C=O) groups excluding carboxylic acids is 1. The molecule has 0 N–H and O–H groups in total. The normalized spacial score (nSPS) is 14.9. The number of amides is 1. The number of hydrogen-bond acceptors (Lipinski definition) is 4. The van der Waals surface area contributed by atoms with Crippen LogP contribution in [0, 0.1) is 0 Å². The highest BCUT2D eigenvalue weighted by molar-refractivity contribution is 6.31. The van der Waals surface area contributed by atoms with Crippen LogP contribution in [-0.4, -0.2) is 35.1 Å². The van der Waals surface area contributed by atoms with Gasteiger partial charge in [0.1, 0.15) is 12.4 Å². The number of likely N-dealkylation sites (tertiary alicyclic amines) is 1. The Kier molecular flexibility index (Phi) is 5.45. The number of benzene rings is 2. The fraction of sp³-hybridized carbons (Fsp3) is 0.273. The van der Waals surface area contributed by atoms with Crippen LogP contribution in [0.25, 0.3) is 11.1 Å². The summed E-state index contributed by atoms with van der Waals surface area (Å²) in [6, 6.07) is 12.2. The van der Waals surface area contributed by atoms with Crippen molar-refractivity contribution in [3.05, 3.63) is 76.3 Å². The zero-order valence-corrected chi connectivity index (χ0v) is 16.6. The molecule has 0 atom stereocenters. The van der Waals surface area contributed by atoms with Crippen molar-refractivity contribution in [2.75, 3.05) is 19.7 Å². The summed E-state index contributed by atoms with van der Waals surface area (Å²) in [6.45, 7) is 5.17. The molecule has 0 radical (unpaired) electrons. The first-order chi connectivity index (χ1) is 14.1. The summed E-state index contributed by atoms with van der Waals surface area (Å²) in [7, 11) is 0. The average molecular weight is 413 g/mol. The largest absolute Gasteiger partial charge is 0.490 e. The predicted molar refractivity (Wildman–Crippen MR) is 112 cm³/mol. The third kappa shape index (κ3) is 3.93. The van der Waals surface area contributed by atoms with Crippen LogP contribution in [0.4, 0.5) is 0 Å². The number of ether oxygens (including phenoxy) is 1. The molecule has 0 spiro atoms. The molecule has 2 heterocycles. The molecule has 4 rings (SSSR count). The Balaban J connectivity index is 1.45. The van der Waals surface area contributed by atoms with Gasteiger partial charge in [-0.25, -0.2) is 4.79 Å². The summed E-state index contributed by atoms with van der Waals surface area (Å²) >= 11 is 6.09. The molecular formula is C22H21ClN2O4. The van der Waals surface area contributed by atoms with E-state index in [1.165, 1.54) is 0 Å². The van der Waals surface area contributed by atoms with Gasteiger partial charge in [0.15, 0.2) is 5.58 Å². The molecule has 3 aromatic rings. The molecule has 0 aliphatic carbocycles. The quantitative estimate of drug-likeness (QED) is 0.586. The molecule has 0 bridgehead atoms. The first kappa shape index (κ1) is 19.3. The van der Waals surface area contributed by atoms with Crippen molar-refractivity contribution in [2.45, 2.75) is 18.9 Å². The van der Waals surface area contributed by atoms with Gasteiger partial charge < -0.3 is 14.1 Å². The van der Waals surface area contributed by atoms with Crippen LogP contribution in [-0.2, 0) is 0 Å². The molecule has 1 saturated heterocycles. The molecule has 1 aromatic heterocycles. The number of hydrogen-bond donors (Lipinski definition) is 0. The maximum atomic E-state index is 12.8. The monoisotopic (exact) mass is 412 g/mol. The maximum Gasteiger partial charge on any atom is 0.420 e. The lowest BCUT2D eigenvalue weighted by molar-refractivity contribution is 0.0694. The zero-order chi connectivity index (χ0) is 20.4. The van der Waals surface area contributed by atoms with E-state index >= 15 is 0 Å². The van der Waals surface area contributed by atoms with E-state index in [4.69, 9.17) is 20.8 Å². The predicted octanol–water partition coefficient (Wildman–Crippen LogP) is 4.29. The van der Waals surface area contributed by atoms with Crippen LogP contribution in [0.1, 0.15) is 29.2 Å². The lowest BCUT2D eigenvalue weighted by atomic mass is 10.0. The van der Waals surface area contributed by atoms with Gasteiger partial charge in [-0.05, 0) is 55.3 Å². The fourth-order valence-electron chi connectivity index (χ4n) is 3.71. The van der Waals surface area contributed by atoms with Crippen LogP contribution < -0.4 is 10.5 Å². The number of piperidine rings is 1. The highest BCUT2D eigenvalue weighted by Crippen LogP contribution is 2.28. The van der Waals surface area contributed by atoms with E-state index in [-0.39, 0.29) is 17.7 Å². The van der Waals surface area contributed by atoms with Gasteiger partial charge in [0.05, 0.1) is 5.52 Å². The Hall–Kier alpha value is -2.99. The van der Waals surface area contributed by atoms with E-state index in [0.29, 0.717) is 60.0 Å². The highest BCUT2D eigenvalue weighted by Gasteiger charge is 2.27. The Bertz CT molecular complexity index is 1090. The van der Waals surface area contributed by atoms with Crippen molar-refractivity contribution in [2.24, 2.45) is 0 Å². The molecule has 1 fully saturated rings. The number of fused-ring (bicyclic) bond motifs is 1. The fourth-order valence-corrected chi connectivity index (χ4v) is 3.88. The minimum absolute atomic E-state index is 0.0221. The molecule has 29 heavy (non-hydrogen) atoms. The van der Waals surface area contributed by atoms with E-state index in [1.54, 1.807) is 53.1 Å². The summed E-state index contributed by atoms with van der Waals surface area (Å²) in [6.07, 6.45) is 3.02. The van der Waals surface area contributed by atoms with Gasteiger partial charge in [-0.15, -0.1) is 0 Å². The summed E-state index contributed by atoms with van der Waals surface area (Å²) < 4.78 is 12.5. The minimum atomic E-state index is -0.387. The second-order valence-corrected chi connectivity index (χ2v) is 7.43. The van der Waals surface area contributed by atoms with E-state index in [9.17, 15) is 9.59 Å². The molecule has 1 aliphatic rings. The summed E-state index contributed by atoms with van der Waals surface area (Å²) in [5.74, 6) is 0.290. The van der Waals surface area contributed by atoms with Crippen LogP contribution in [0.3, 0.4) is 0 Å². The Morgan fingerprint density at radius 3 is 2.62 bits per heavy atom. The molecule has 0 unspecified atom stereocenters. The van der Waals surface area contributed by atoms with Gasteiger partial charge in [0, 0.05) is 29.7 Å². The van der Waals surface area contributed by atoms with Crippen molar-refractivity contribution in [1.82, 2.24) is 9.47 Å². The van der Waals surface area contributed by atoms with E-state index in [0.717, 1.165) is 0 Å². The number of carbonyl (C=O) groups is 1. The smallest absolute Gasteiger partial charge is 0.420 e. The third-order valence-electron chi connectivity index (χ3n) is 5.16. The SMILES string of the molecule is C=CCOc1ccc(C(=O)N2CCC(n3c(=O)oc4ccc(Cl)cc43)CC2)cc1. The van der Waals surface area contributed by atoms with Crippen LogP contribution in [0.15, 0.2) is 64.3 Å². The maximum absolute atomic E-state index is 12.8. The molecule has 150 valence electrons. The number of halogens is 1. The molecule has 7 heteroatoms. The first-order valence-electron chi connectivity index (χ1n) is 9.50. The number of nitrogens with zero attached hydrogens (tertiary/aromatic N) is 2. The second-order valence-electron chi connectivity index (χ2n) is 7.00. The second kappa shape index (κ2) is 8.17. The third-order valence-corrected chi connectivity index (χ3v) is 5.40. The summed E-state index contributed by atoms with van der Waals surface area (Å²) in [5, 5.41) is 0.556. The van der Waals surface area contributed by atoms with E-state index in [2.05, 4.69) is 6.58 Å². The summed E-state index contributed by atoms with van der Waals surface area (Å²) in [5.41, 5.74) is 1.84. The highest BCUT2D eigenvalue weighted by atomic mass is 35.5. The van der Waals surface area contributed by atoms with Crippen molar-refractivity contribution in [1.29, 1.82) is 0 Å². The topological polar surface area (TPSA) is 64.7 Å². The minimum Gasteiger partial charge on any atom is -0.490 e. The Morgan fingerprint density at radius 1 is 1.21 bits per heavy atom. The van der Waals surface area contributed by atoms with Gasteiger partial charge >= 0.3 is 5.76 Å². The van der Waals surface area contributed by atoms with Gasteiger partial charge in [-0.2, -0.15) is 0 Å². The van der Waals surface area contributed by atoms with Crippen molar-refractivity contribution >= 4 is 28.6 Å². The average Bonchev–Trinajstić information content (AvgIpc) is 3.07. The van der Waals surface area contributed by atoms with Gasteiger partial charge in [-0.3, -0.25) is 9.36 Å². The summed E-state index contributed by atoms with van der Waals surface area (Å²) in [4.78, 5) is 27.0.